The number of likely N-dealkylation sites (tertiary alicyclic amines) is 1. The second-order valence-corrected chi connectivity index (χ2v) is 5.03. The summed E-state index contributed by atoms with van der Waals surface area (Å²) >= 11 is 0. The number of likely N-dealkylation sites (N-methyl/N-ethyl adjacent to an activating group) is 1. The molecule has 2 rings (SSSR count). The number of nitro groups is 1. The Balaban J connectivity index is 2.01. The van der Waals surface area contributed by atoms with Crippen LogP contribution in [-0.2, 0) is 0 Å². The summed E-state index contributed by atoms with van der Waals surface area (Å²) in [7, 11) is 3.52. The van der Waals surface area contributed by atoms with Gasteiger partial charge < -0.3 is 14.4 Å². The number of methoxy groups -OCH3 is 1. The Morgan fingerprint density at radius 2 is 2.25 bits per heavy atom. The molecule has 1 fully saturated rings. The Kier molecular flexibility index (Phi) is 4.79. The maximum atomic E-state index is 10.8. The molecule has 1 saturated heterocycles. The fourth-order valence-corrected chi connectivity index (χ4v) is 2.45. The molecule has 0 bridgehead atoms. The summed E-state index contributed by atoms with van der Waals surface area (Å²) in [5, 5.41) is 10.8. The molecule has 1 aliphatic heterocycles. The summed E-state index contributed by atoms with van der Waals surface area (Å²) in [5.74, 6) is 0.830. The zero-order valence-corrected chi connectivity index (χ0v) is 11.9. The normalized spacial score (nSPS) is 19.6. The molecule has 0 spiro atoms. The number of hydrogen-bond donors (Lipinski definition) is 0. The maximum absolute atomic E-state index is 10.8. The first kappa shape index (κ1) is 14.6. The molecule has 20 heavy (non-hydrogen) atoms. The highest BCUT2D eigenvalue weighted by molar-refractivity contribution is 5.50. The fourth-order valence-electron chi connectivity index (χ4n) is 2.45. The monoisotopic (exact) mass is 280 g/mol. The highest BCUT2D eigenvalue weighted by Crippen LogP contribution is 2.31. The molecule has 110 valence electrons. The van der Waals surface area contributed by atoms with Gasteiger partial charge in [-0.15, -0.1) is 0 Å². The van der Waals surface area contributed by atoms with Crippen LogP contribution in [-0.4, -0.2) is 43.2 Å². The summed E-state index contributed by atoms with van der Waals surface area (Å²) in [5.41, 5.74) is -0.0466. The Hall–Kier alpha value is -1.82. The van der Waals surface area contributed by atoms with Crippen molar-refractivity contribution in [3.05, 3.63) is 28.3 Å². The van der Waals surface area contributed by atoms with E-state index in [0.29, 0.717) is 18.4 Å². The molecule has 0 N–H and O–H groups in total. The Labute approximate surface area is 118 Å². The zero-order valence-electron chi connectivity index (χ0n) is 11.9. The van der Waals surface area contributed by atoms with E-state index in [1.807, 2.05) is 0 Å². The Bertz CT molecular complexity index is 478. The highest BCUT2D eigenvalue weighted by atomic mass is 16.6. The van der Waals surface area contributed by atoms with Crippen LogP contribution in [0.4, 0.5) is 5.69 Å². The first-order chi connectivity index (χ1) is 9.61. The van der Waals surface area contributed by atoms with Crippen LogP contribution in [0.3, 0.4) is 0 Å². The van der Waals surface area contributed by atoms with Crippen LogP contribution >= 0.6 is 0 Å². The second kappa shape index (κ2) is 6.56. The molecule has 0 radical (unpaired) electrons. The minimum atomic E-state index is -0.461. The van der Waals surface area contributed by atoms with E-state index in [4.69, 9.17) is 9.47 Å². The van der Waals surface area contributed by atoms with E-state index in [0.717, 1.165) is 13.0 Å². The Morgan fingerprint density at radius 3 is 2.90 bits per heavy atom. The lowest BCUT2D eigenvalue weighted by atomic mass is 10.0. The van der Waals surface area contributed by atoms with Gasteiger partial charge in [-0.2, -0.15) is 0 Å². The van der Waals surface area contributed by atoms with E-state index in [2.05, 4.69) is 11.9 Å². The predicted octanol–water partition coefficient (Wildman–Crippen LogP) is 2.47. The lowest BCUT2D eigenvalue weighted by Gasteiger charge is -2.32. The second-order valence-electron chi connectivity index (χ2n) is 5.03. The van der Waals surface area contributed by atoms with Gasteiger partial charge in [-0.1, -0.05) is 6.42 Å². The van der Waals surface area contributed by atoms with Gasteiger partial charge in [0.15, 0.2) is 0 Å². The molecular weight excluding hydrogens is 260 g/mol. The number of hydrogen-bond acceptors (Lipinski definition) is 5. The van der Waals surface area contributed by atoms with Gasteiger partial charge in [0.25, 0.3) is 0 Å². The third-order valence-electron chi connectivity index (χ3n) is 3.71. The zero-order chi connectivity index (χ0) is 14.5. The van der Waals surface area contributed by atoms with Gasteiger partial charge >= 0.3 is 5.69 Å². The predicted molar refractivity (Wildman–Crippen MR) is 75.4 cm³/mol. The first-order valence-electron chi connectivity index (χ1n) is 6.77. The molecule has 1 aromatic rings. The van der Waals surface area contributed by atoms with Crippen LogP contribution in [0.5, 0.6) is 11.5 Å². The van der Waals surface area contributed by atoms with E-state index < -0.39 is 4.92 Å². The third kappa shape index (κ3) is 3.39. The fraction of sp³-hybridized carbons (Fsp3) is 0.571. The number of ether oxygens (including phenoxy) is 2. The molecule has 1 atom stereocenters. The van der Waals surface area contributed by atoms with Crippen LogP contribution in [0.15, 0.2) is 18.2 Å². The van der Waals surface area contributed by atoms with Crippen molar-refractivity contribution in [3.8, 4) is 11.5 Å². The maximum Gasteiger partial charge on any atom is 0.311 e. The standard InChI is InChI=1S/C14H20N2O4/c1-15-8-4-3-5-11(15)10-20-12-6-7-13(16(17)18)14(9-12)19-2/h6-7,9,11H,3-5,8,10H2,1-2H3. The molecule has 0 saturated carbocycles. The lowest BCUT2D eigenvalue weighted by Crippen LogP contribution is -2.40. The molecule has 1 heterocycles. The van der Waals surface area contributed by atoms with Gasteiger partial charge in [0.1, 0.15) is 12.4 Å². The summed E-state index contributed by atoms with van der Waals surface area (Å²) in [4.78, 5) is 12.7. The largest absolute Gasteiger partial charge is 0.492 e. The first-order valence-corrected chi connectivity index (χ1v) is 6.77. The van der Waals surface area contributed by atoms with Crippen LogP contribution in [0.1, 0.15) is 19.3 Å². The van der Waals surface area contributed by atoms with Crippen LogP contribution in [0.25, 0.3) is 0 Å². The van der Waals surface area contributed by atoms with Crippen molar-refractivity contribution >= 4 is 5.69 Å². The van der Waals surface area contributed by atoms with E-state index in [9.17, 15) is 10.1 Å². The summed E-state index contributed by atoms with van der Waals surface area (Å²) in [6.45, 7) is 1.69. The number of benzene rings is 1. The van der Waals surface area contributed by atoms with E-state index in [1.54, 1.807) is 12.1 Å². The minimum Gasteiger partial charge on any atom is -0.492 e. The number of rotatable bonds is 5. The molecule has 0 aliphatic carbocycles. The van der Waals surface area contributed by atoms with Gasteiger partial charge in [-0.3, -0.25) is 10.1 Å². The van der Waals surface area contributed by atoms with Gasteiger partial charge in [0.2, 0.25) is 5.75 Å². The van der Waals surface area contributed by atoms with Crippen molar-refractivity contribution in [2.45, 2.75) is 25.3 Å². The van der Waals surface area contributed by atoms with E-state index in [-0.39, 0.29) is 11.4 Å². The van der Waals surface area contributed by atoms with Gasteiger partial charge in [0.05, 0.1) is 12.0 Å². The van der Waals surface area contributed by atoms with Gasteiger partial charge in [-0.05, 0) is 32.5 Å². The molecule has 6 nitrogen and oxygen atoms in total. The smallest absolute Gasteiger partial charge is 0.311 e. The molecule has 0 aromatic heterocycles. The van der Waals surface area contributed by atoms with Crippen molar-refractivity contribution in [2.75, 3.05) is 27.3 Å². The summed E-state index contributed by atoms with van der Waals surface area (Å²) in [6, 6.07) is 5.01. The highest BCUT2D eigenvalue weighted by Gasteiger charge is 2.20. The number of piperidine rings is 1. The van der Waals surface area contributed by atoms with Crippen molar-refractivity contribution < 1.29 is 14.4 Å². The quantitative estimate of drug-likeness (QED) is 0.612. The van der Waals surface area contributed by atoms with Crippen molar-refractivity contribution in [1.29, 1.82) is 0 Å². The molecule has 6 heteroatoms. The van der Waals surface area contributed by atoms with E-state index >= 15 is 0 Å². The van der Waals surface area contributed by atoms with Gasteiger partial charge in [0, 0.05) is 18.2 Å². The van der Waals surface area contributed by atoms with Gasteiger partial charge in [-0.25, -0.2) is 0 Å². The minimum absolute atomic E-state index is 0.0466. The average molecular weight is 280 g/mol. The third-order valence-corrected chi connectivity index (χ3v) is 3.71. The van der Waals surface area contributed by atoms with E-state index in [1.165, 1.54) is 26.0 Å². The molecule has 1 unspecified atom stereocenters. The summed E-state index contributed by atoms with van der Waals surface area (Å²) < 4.78 is 10.8. The lowest BCUT2D eigenvalue weighted by molar-refractivity contribution is -0.385. The average Bonchev–Trinajstić information content (AvgIpc) is 2.46. The molecular formula is C14H20N2O4. The topological polar surface area (TPSA) is 64.8 Å². The Morgan fingerprint density at radius 1 is 1.45 bits per heavy atom. The molecule has 0 amide bonds. The number of nitro benzene ring substituents is 1. The van der Waals surface area contributed by atoms with Crippen LogP contribution in [0, 0.1) is 10.1 Å². The van der Waals surface area contributed by atoms with Crippen molar-refractivity contribution in [1.82, 2.24) is 4.90 Å². The molecule has 1 aromatic carbocycles. The van der Waals surface area contributed by atoms with Crippen LogP contribution < -0.4 is 9.47 Å². The SMILES string of the molecule is COc1cc(OCC2CCCCN2C)ccc1[N+](=O)[O-]. The van der Waals surface area contributed by atoms with Crippen molar-refractivity contribution in [3.63, 3.8) is 0 Å². The molecule has 1 aliphatic rings. The van der Waals surface area contributed by atoms with Crippen molar-refractivity contribution in [2.24, 2.45) is 0 Å². The number of nitrogens with zero attached hydrogens (tertiary/aromatic N) is 2. The van der Waals surface area contributed by atoms with Crippen LogP contribution in [0.2, 0.25) is 0 Å². The summed E-state index contributed by atoms with van der Waals surface area (Å²) in [6.07, 6.45) is 3.58.